The zero-order valence-corrected chi connectivity index (χ0v) is 16.8. The van der Waals surface area contributed by atoms with Crippen molar-refractivity contribution in [1.29, 1.82) is 5.26 Å². The highest BCUT2D eigenvalue weighted by Crippen LogP contribution is 2.33. The van der Waals surface area contributed by atoms with E-state index in [1.807, 2.05) is 24.3 Å². The maximum Gasteiger partial charge on any atom is 0.287 e. The van der Waals surface area contributed by atoms with Crippen LogP contribution in [0.2, 0.25) is 0 Å². The molecule has 144 valence electrons. The van der Waals surface area contributed by atoms with Crippen molar-refractivity contribution in [3.8, 4) is 23.4 Å². The second-order valence-electron chi connectivity index (χ2n) is 5.80. The number of pyridine rings is 1. The monoisotopic (exact) mass is 451 g/mol. The van der Waals surface area contributed by atoms with Crippen LogP contribution in [0.4, 0.5) is 5.69 Å². The molecule has 0 amide bonds. The summed E-state index contributed by atoms with van der Waals surface area (Å²) in [5, 5.41) is 20.2. The number of methoxy groups -OCH3 is 1. The van der Waals surface area contributed by atoms with Crippen molar-refractivity contribution in [3.63, 3.8) is 0 Å². The fraction of sp³-hybridized carbons (Fsp3) is 0.0476. The van der Waals surface area contributed by atoms with Crippen LogP contribution in [0, 0.1) is 21.4 Å². The number of nitro groups is 1. The highest BCUT2D eigenvalue weighted by molar-refractivity contribution is 9.10. The molecule has 7 nitrogen and oxygen atoms in total. The fourth-order valence-corrected chi connectivity index (χ4v) is 2.75. The first kappa shape index (κ1) is 20.0. The lowest BCUT2D eigenvalue weighted by Crippen LogP contribution is -1.94. The molecule has 0 atom stereocenters. The van der Waals surface area contributed by atoms with E-state index in [4.69, 9.17) is 9.47 Å². The van der Waals surface area contributed by atoms with Crippen LogP contribution in [0.1, 0.15) is 11.1 Å². The molecule has 1 aromatic heterocycles. The van der Waals surface area contributed by atoms with Crippen molar-refractivity contribution in [2.75, 3.05) is 7.11 Å². The van der Waals surface area contributed by atoms with Gasteiger partial charge in [-0.3, -0.25) is 10.1 Å². The summed E-state index contributed by atoms with van der Waals surface area (Å²) in [5.74, 6) is 1.03. The smallest absolute Gasteiger partial charge is 0.287 e. The van der Waals surface area contributed by atoms with Crippen LogP contribution in [-0.2, 0) is 0 Å². The molecule has 8 heteroatoms. The van der Waals surface area contributed by atoms with Gasteiger partial charge in [0.15, 0.2) is 11.5 Å². The Kier molecular flexibility index (Phi) is 6.22. The summed E-state index contributed by atoms with van der Waals surface area (Å²) >= 11 is 3.38. The van der Waals surface area contributed by atoms with E-state index in [0.29, 0.717) is 17.1 Å². The molecule has 1 heterocycles. The van der Waals surface area contributed by atoms with Gasteiger partial charge in [-0.05, 0) is 41.5 Å². The predicted octanol–water partition coefficient (Wildman–Crippen LogP) is 5.62. The number of aromatic nitrogens is 1. The molecule has 0 aliphatic heterocycles. The van der Waals surface area contributed by atoms with E-state index in [2.05, 4.69) is 27.0 Å². The van der Waals surface area contributed by atoms with E-state index < -0.39 is 4.92 Å². The van der Waals surface area contributed by atoms with Crippen LogP contribution >= 0.6 is 15.9 Å². The van der Waals surface area contributed by atoms with E-state index in [0.717, 1.165) is 21.8 Å². The van der Waals surface area contributed by atoms with Gasteiger partial charge in [0.05, 0.1) is 23.7 Å². The molecule has 0 bridgehead atoms. The zero-order valence-electron chi connectivity index (χ0n) is 15.2. The van der Waals surface area contributed by atoms with E-state index in [1.165, 1.54) is 19.2 Å². The average Bonchev–Trinajstić information content (AvgIpc) is 2.74. The van der Waals surface area contributed by atoms with Crippen LogP contribution in [-0.4, -0.2) is 17.0 Å². The Bertz CT molecular complexity index is 1100. The lowest BCUT2D eigenvalue weighted by Gasteiger charge is -2.10. The summed E-state index contributed by atoms with van der Waals surface area (Å²) in [7, 11) is 1.50. The average molecular weight is 452 g/mol. The summed E-state index contributed by atoms with van der Waals surface area (Å²) in [5.41, 5.74) is 1.93. The molecule has 0 aliphatic carbocycles. The molecule has 0 saturated carbocycles. The third-order valence-electron chi connectivity index (χ3n) is 3.92. The summed E-state index contributed by atoms with van der Waals surface area (Å²) in [6.07, 6.45) is 2.87. The van der Waals surface area contributed by atoms with Gasteiger partial charge in [0.2, 0.25) is 5.88 Å². The Labute approximate surface area is 175 Å². The second kappa shape index (κ2) is 8.99. The minimum atomic E-state index is -0.531. The molecule has 0 aliphatic rings. The molecule has 0 fully saturated rings. The first-order valence-electron chi connectivity index (χ1n) is 8.34. The van der Waals surface area contributed by atoms with Crippen LogP contribution in [0.3, 0.4) is 0 Å². The maximum absolute atomic E-state index is 10.7. The lowest BCUT2D eigenvalue weighted by molar-refractivity contribution is -0.385. The summed E-state index contributed by atoms with van der Waals surface area (Å²) < 4.78 is 12.0. The molecule has 0 saturated heterocycles. The van der Waals surface area contributed by atoms with Gasteiger partial charge in [0.1, 0.15) is 6.20 Å². The van der Waals surface area contributed by atoms with Crippen molar-refractivity contribution >= 4 is 33.3 Å². The van der Waals surface area contributed by atoms with Crippen LogP contribution < -0.4 is 9.47 Å². The van der Waals surface area contributed by atoms with Gasteiger partial charge in [-0.1, -0.05) is 34.1 Å². The van der Waals surface area contributed by atoms with Gasteiger partial charge in [0, 0.05) is 16.6 Å². The lowest BCUT2D eigenvalue weighted by atomic mass is 10.0. The number of halogens is 1. The quantitative estimate of drug-likeness (QED) is 0.209. The third kappa shape index (κ3) is 4.97. The second-order valence-corrected chi connectivity index (χ2v) is 6.72. The number of allylic oxidation sites excluding steroid dienone is 1. The highest BCUT2D eigenvalue weighted by Gasteiger charge is 2.11. The fourth-order valence-electron chi connectivity index (χ4n) is 2.49. The van der Waals surface area contributed by atoms with Crippen LogP contribution in [0.5, 0.6) is 17.4 Å². The molecule has 0 radical (unpaired) electrons. The summed E-state index contributed by atoms with van der Waals surface area (Å²) in [6.45, 7) is 0. The van der Waals surface area contributed by atoms with Crippen LogP contribution in [0.25, 0.3) is 11.6 Å². The zero-order chi connectivity index (χ0) is 20.8. The molecule has 3 aromatic rings. The van der Waals surface area contributed by atoms with E-state index in [-0.39, 0.29) is 11.6 Å². The largest absolute Gasteiger partial charge is 0.493 e. The van der Waals surface area contributed by atoms with Crippen molar-refractivity contribution in [1.82, 2.24) is 4.98 Å². The Morgan fingerprint density at radius 3 is 2.52 bits per heavy atom. The maximum atomic E-state index is 10.7. The molecule has 3 rings (SSSR count). The Balaban J connectivity index is 1.87. The number of nitrogens with zero attached hydrogens (tertiary/aromatic N) is 3. The van der Waals surface area contributed by atoms with Crippen molar-refractivity contribution in [2.45, 2.75) is 0 Å². The number of hydrogen-bond acceptors (Lipinski definition) is 6. The number of rotatable bonds is 6. The van der Waals surface area contributed by atoms with Crippen molar-refractivity contribution in [3.05, 3.63) is 86.5 Å². The van der Waals surface area contributed by atoms with Gasteiger partial charge in [-0.25, -0.2) is 4.98 Å². The van der Waals surface area contributed by atoms with Crippen LogP contribution in [0.15, 0.2) is 65.3 Å². The first-order chi connectivity index (χ1) is 14.0. The molecule has 0 N–H and O–H groups in total. The number of nitriles is 1. The molecule has 0 unspecified atom stereocenters. The third-order valence-corrected chi connectivity index (χ3v) is 4.45. The van der Waals surface area contributed by atoms with Gasteiger partial charge in [-0.15, -0.1) is 0 Å². The van der Waals surface area contributed by atoms with Gasteiger partial charge < -0.3 is 9.47 Å². The minimum Gasteiger partial charge on any atom is -0.493 e. The normalized spacial score (nSPS) is 10.9. The Hall–Kier alpha value is -3.70. The summed E-state index contributed by atoms with van der Waals surface area (Å²) in [6, 6.07) is 17.6. The predicted molar refractivity (Wildman–Crippen MR) is 112 cm³/mol. The standard InChI is InChI=1S/C21H14BrN3O4/c1-28-20-11-14(10-16(12-23)15-3-5-17(22)6-4-15)2-8-19(20)29-21-9-7-18(13-24-21)25(26)27/h2-11,13H,1H3. The van der Waals surface area contributed by atoms with Gasteiger partial charge >= 0.3 is 0 Å². The molecular weight excluding hydrogens is 438 g/mol. The Morgan fingerprint density at radius 1 is 1.17 bits per heavy atom. The molecular formula is C21H14BrN3O4. The number of ether oxygens (including phenoxy) is 2. The molecule has 2 aromatic carbocycles. The highest BCUT2D eigenvalue weighted by atomic mass is 79.9. The van der Waals surface area contributed by atoms with Crippen molar-refractivity contribution < 1.29 is 14.4 Å². The minimum absolute atomic E-state index is 0.123. The van der Waals surface area contributed by atoms with E-state index in [1.54, 1.807) is 24.3 Å². The Morgan fingerprint density at radius 2 is 1.93 bits per heavy atom. The first-order valence-corrected chi connectivity index (χ1v) is 9.13. The van der Waals surface area contributed by atoms with Gasteiger partial charge in [-0.2, -0.15) is 5.26 Å². The molecule has 0 spiro atoms. The molecule has 29 heavy (non-hydrogen) atoms. The van der Waals surface area contributed by atoms with Gasteiger partial charge in [0.25, 0.3) is 5.69 Å². The number of benzene rings is 2. The number of hydrogen-bond donors (Lipinski definition) is 0. The topological polar surface area (TPSA) is 98.3 Å². The van der Waals surface area contributed by atoms with E-state index in [9.17, 15) is 15.4 Å². The van der Waals surface area contributed by atoms with E-state index >= 15 is 0 Å². The summed E-state index contributed by atoms with van der Waals surface area (Å²) in [4.78, 5) is 14.1. The SMILES string of the molecule is COc1cc(C=C(C#N)c2ccc(Br)cc2)ccc1Oc1ccc([N+](=O)[O-])cn1. The van der Waals surface area contributed by atoms with Crippen molar-refractivity contribution in [2.24, 2.45) is 0 Å².